The molecule has 1 aromatic heterocycles. The summed E-state index contributed by atoms with van der Waals surface area (Å²) in [5.41, 5.74) is 2.67. The number of benzene rings is 4. The maximum Gasteiger partial charge on any atom is 0.300 e. The number of aliphatic hydroxyl groups excluding tert-OH is 1. The van der Waals surface area contributed by atoms with E-state index in [9.17, 15) is 14.7 Å². The van der Waals surface area contributed by atoms with E-state index in [-0.39, 0.29) is 11.3 Å². The Hall–Kier alpha value is -5.23. The Morgan fingerprint density at radius 1 is 0.821 bits per heavy atom. The summed E-state index contributed by atoms with van der Waals surface area (Å²) in [6.45, 7) is 1.99. The van der Waals surface area contributed by atoms with Crippen molar-refractivity contribution >= 4 is 33.9 Å². The van der Waals surface area contributed by atoms with E-state index in [1.807, 2.05) is 67.6 Å². The largest absolute Gasteiger partial charge is 0.507 e. The molecule has 1 atom stereocenters. The van der Waals surface area contributed by atoms with Crippen LogP contribution in [0.4, 0.5) is 5.69 Å². The molecule has 4 aromatic carbocycles. The zero-order valence-corrected chi connectivity index (χ0v) is 21.1. The number of aliphatic hydroxyl groups is 1. The number of rotatable bonds is 5. The van der Waals surface area contributed by atoms with Crippen LogP contribution in [0.2, 0.25) is 0 Å². The summed E-state index contributed by atoms with van der Waals surface area (Å²) < 4.78 is 5.96. The summed E-state index contributed by atoms with van der Waals surface area (Å²) in [5, 5.41) is 13.4. The minimum atomic E-state index is -0.853. The first-order valence-corrected chi connectivity index (χ1v) is 12.5. The summed E-state index contributed by atoms with van der Waals surface area (Å²) in [6, 6.07) is 30.6. The second kappa shape index (κ2) is 9.91. The third-order valence-electron chi connectivity index (χ3n) is 6.81. The molecule has 39 heavy (non-hydrogen) atoms. The van der Waals surface area contributed by atoms with Gasteiger partial charge in [-0.2, -0.15) is 0 Å². The van der Waals surface area contributed by atoms with Crippen molar-refractivity contribution in [3.8, 4) is 11.5 Å². The summed E-state index contributed by atoms with van der Waals surface area (Å²) >= 11 is 0. The number of aryl methyl sites for hydroxylation is 1. The highest BCUT2D eigenvalue weighted by molar-refractivity contribution is 6.51. The number of ether oxygens (including phenoxy) is 1. The second-order valence-electron chi connectivity index (χ2n) is 9.43. The van der Waals surface area contributed by atoms with Gasteiger partial charge in [-0.05, 0) is 77.4 Å². The normalized spacial score (nSPS) is 16.5. The number of carbonyl (C=O) groups excluding carboxylic acids is 2. The highest BCUT2D eigenvalue weighted by Crippen LogP contribution is 2.42. The standard InChI is InChI=1S/C33H24N2O4/c1-21-6-4-10-28(18-21)39-27-15-13-26(14-16-27)35-30(25-9-5-17-34-20-25)29(32(37)33(35)38)31(36)24-12-11-22-7-2-3-8-23(22)19-24/h2-20,30,36H,1H3/b31-29-. The lowest BCUT2D eigenvalue weighted by Gasteiger charge is -2.25. The van der Waals surface area contributed by atoms with Crippen LogP contribution >= 0.6 is 0 Å². The molecular weight excluding hydrogens is 488 g/mol. The lowest BCUT2D eigenvalue weighted by Crippen LogP contribution is -2.29. The molecule has 190 valence electrons. The van der Waals surface area contributed by atoms with Gasteiger partial charge in [0.1, 0.15) is 17.3 Å². The molecule has 6 nitrogen and oxygen atoms in total. The topological polar surface area (TPSA) is 79.7 Å². The van der Waals surface area contributed by atoms with Crippen molar-refractivity contribution in [1.82, 2.24) is 4.98 Å². The predicted molar refractivity (Wildman–Crippen MR) is 151 cm³/mol. The quantitative estimate of drug-likeness (QED) is 0.156. The zero-order chi connectivity index (χ0) is 26.9. The van der Waals surface area contributed by atoms with Crippen LogP contribution < -0.4 is 9.64 Å². The number of hydrogen-bond donors (Lipinski definition) is 1. The van der Waals surface area contributed by atoms with E-state index in [1.165, 1.54) is 4.90 Å². The van der Waals surface area contributed by atoms with E-state index in [1.54, 1.807) is 54.9 Å². The number of aromatic nitrogens is 1. The van der Waals surface area contributed by atoms with Crippen molar-refractivity contribution < 1.29 is 19.4 Å². The number of anilines is 1. The molecule has 1 fully saturated rings. The molecular formula is C33H24N2O4. The van der Waals surface area contributed by atoms with Gasteiger partial charge >= 0.3 is 0 Å². The van der Waals surface area contributed by atoms with Crippen molar-refractivity contribution in [2.75, 3.05) is 4.90 Å². The molecule has 2 heterocycles. The van der Waals surface area contributed by atoms with Crippen LogP contribution in [0.5, 0.6) is 11.5 Å². The molecule has 1 unspecified atom stereocenters. The zero-order valence-electron chi connectivity index (χ0n) is 21.1. The third-order valence-corrected chi connectivity index (χ3v) is 6.81. The number of nitrogens with zero attached hydrogens (tertiary/aromatic N) is 2. The fraction of sp³-hybridized carbons (Fsp3) is 0.0606. The van der Waals surface area contributed by atoms with Crippen LogP contribution in [-0.2, 0) is 9.59 Å². The summed E-state index contributed by atoms with van der Waals surface area (Å²) in [4.78, 5) is 32.5. The molecule has 1 saturated heterocycles. The maximum atomic E-state index is 13.4. The maximum absolute atomic E-state index is 13.4. The van der Waals surface area contributed by atoms with Gasteiger partial charge in [0.05, 0.1) is 11.6 Å². The Morgan fingerprint density at radius 2 is 1.62 bits per heavy atom. The van der Waals surface area contributed by atoms with Gasteiger partial charge < -0.3 is 9.84 Å². The molecule has 1 N–H and O–H groups in total. The third kappa shape index (κ3) is 4.53. The van der Waals surface area contributed by atoms with Gasteiger partial charge in [-0.15, -0.1) is 0 Å². The second-order valence-corrected chi connectivity index (χ2v) is 9.43. The van der Waals surface area contributed by atoms with Gasteiger partial charge in [0.15, 0.2) is 0 Å². The first-order chi connectivity index (χ1) is 19.0. The van der Waals surface area contributed by atoms with E-state index >= 15 is 0 Å². The molecule has 0 bridgehead atoms. The fourth-order valence-corrected chi connectivity index (χ4v) is 4.93. The molecule has 0 saturated carbocycles. The van der Waals surface area contributed by atoms with Crippen LogP contribution in [-0.4, -0.2) is 21.8 Å². The Labute approximate surface area is 225 Å². The van der Waals surface area contributed by atoms with Gasteiger partial charge in [-0.25, -0.2) is 0 Å². The monoisotopic (exact) mass is 512 g/mol. The number of ketones is 1. The SMILES string of the molecule is Cc1cccc(Oc2ccc(N3C(=O)C(=O)/C(=C(\O)c4ccc5ccccc5c4)C3c3cccnc3)cc2)c1. The Kier molecular flexibility index (Phi) is 6.13. The number of fused-ring (bicyclic) bond motifs is 1. The van der Waals surface area contributed by atoms with Crippen molar-refractivity contribution in [2.45, 2.75) is 13.0 Å². The van der Waals surface area contributed by atoms with Crippen molar-refractivity contribution in [3.63, 3.8) is 0 Å². The molecule has 1 amide bonds. The highest BCUT2D eigenvalue weighted by atomic mass is 16.5. The first-order valence-electron chi connectivity index (χ1n) is 12.5. The summed E-state index contributed by atoms with van der Waals surface area (Å²) in [5.74, 6) is -0.410. The lowest BCUT2D eigenvalue weighted by atomic mass is 9.95. The fourth-order valence-electron chi connectivity index (χ4n) is 4.93. The number of amides is 1. The van der Waals surface area contributed by atoms with Gasteiger partial charge in [-0.1, -0.05) is 54.6 Å². The molecule has 1 aliphatic rings. The Balaban J connectivity index is 1.42. The smallest absolute Gasteiger partial charge is 0.300 e. The highest BCUT2D eigenvalue weighted by Gasteiger charge is 2.47. The van der Waals surface area contributed by atoms with E-state index in [2.05, 4.69) is 4.98 Å². The molecule has 0 spiro atoms. The number of hydrogen-bond acceptors (Lipinski definition) is 5. The van der Waals surface area contributed by atoms with E-state index in [0.29, 0.717) is 28.3 Å². The molecule has 6 heteroatoms. The van der Waals surface area contributed by atoms with Crippen LogP contribution in [0.3, 0.4) is 0 Å². The van der Waals surface area contributed by atoms with Crippen LogP contribution in [0.25, 0.3) is 16.5 Å². The average Bonchev–Trinajstić information content (AvgIpc) is 3.23. The number of carbonyl (C=O) groups is 2. The van der Waals surface area contributed by atoms with Crippen molar-refractivity contribution in [1.29, 1.82) is 0 Å². The average molecular weight is 513 g/mol. The van der Waals surface area contributed by atoms with Gasteiger partial charge in [0.2, 0.25) is 0 Å². The number of pyridine rings is 1. The molecule has 6 rings (SSSR count). The van der Waals surface area contributed by atoms with Crippen LogP contribution in [0.1, 0.15) is 22.7 Å². The summed E-state index contributed by atoms with van der Waals surface area (Å²) in [7, 11) is 0. The number of Topliss-reactive ketones (excluding diaryl/α,β-unsaturated/α-hetero) is 1. The molecule has 1 aliphatic heterocycles. The van der Waals surface area contributed by atoms with E-state index in [0.717, 1.165) is 16.3 Å². The van der Waals surface area contributed by atoms with Crippen LogP contribution in [0.15, 0.2) is 121 Å². The van der Waals surface area contributed by atoms with Gasteiger partial charge in [-0.3, -0.25) is 19.5 Å². The van der Waals surface area contributed by atoms with Gasteiger partial charge in [0.25, 0.3) is 11.7 Å². The Morgan fingerprint density at radius 3 is 2.36 bits per heavy atom. The summed E-state index contributed by atoms with van der Waals surface area (Å²) in [6.07, 6.45) is 3.23. The van der Waals surface area contributed by atoms with Crippen LogP contribution in [0, 0.1) is 6.92 Å². The van der Waals surface area contributed by atoms with E-state index in [4.69, 9.17) is 4.74 Å². The van der Waals surface area contributed by atoms with E-state index < -0.39 is 17.7 Å². The lowest BCUT2D eigenvalue weighted by molar-refractivity contribution is -0.132. The molecule has 0 radical (unpaired) electrons. The predicted octanol–water partition coefficient (Wildman–Crippen LogP) is 6.96. The first kappa shape index (κ1) is 24.1. The molecule has 5 aromatic rings. The Bertz CT molecular complexity index is 1740. The molecule has 0 aliphatic carbocycles. The van der Waals surface area contributed by atoms with Gasteiger partial charge in [0, 0.05) is 23.6 Å². The minimum Gasteiger partial charge on any atom is -0.507 e. The van der Waals surface area contributed by atoms with Crippen molar-refractivity contribution in [2.24, 2.45) is 0 Å². The van der Waals surface area contributed by atoms with Crippen molar-refractivity contribution in [3.05, 3.63) is 138 Å². The minimum absolute atomic E-state index is 0.0170.